The van der Waals surface area contributed by atoms with Crippen molar-refractivity contribution in [2.24, 2.45) is 5.92 Å². The van der Waals surface area contributed by atoms with E-state index in [-0.39, 0.29) is 5.78 Å². The van der Waals surface area contributed by atoms with Gasteiger partial charge in [0.05, 0.1) is 18.8 Å². The van der Waals surface area contributed by atoms with Crippen molar-refractivity contribution in [1.82, 2.24) is 4.90 Å². The number of morpholine rings is 1. The molecule has 1 atom stereocenters. The topological polar surface area (TPSA) is 29.5 Å². The van der Waals surface area contributed by atoms with E-state index in [0.717, 1.165) is 30.3 Å². The van der Waals surface area contributed by atoms with Gasteiger partial charge in [-0.25, -0.2) is 0 Å². The first-order valence-corrected chi connectivity index (χ1v) is 11.5. The van der Waals surface area contributed by atoms with Gasteiger partial charge in [-0.1, -0.05) is 51.7 Å². The lowest BCUT2D eigenvalue weighted by Crippen LogP contribution is -2.54. The van der Waals surface area contributed by atoms with Crippen LogP contribution in [0.5, 0.6) is 0 Å². The Labute approximate surface area is 170 Å². The number of ketones is 1. The van der Waals surface area contributed by atoms with Crippen LogP contribution in [-0.2, 0) is 4.74 Å². The molecule has 2 rings (SSSR count). The molecule has 1 aromatic carbocycles. The number of Topliss-reactive ketones (excluding diaryl/α,β-unsaturated/α-hetero) is 1. The Morgan fingerprint density at radius 1 is 1.15 bits per heavy atom. The highest BCUT2D eigenvalue weighted by Gasteiger charge is 2.35. The van der Waals surface area contributed by atoms with Gasteiger partial charge in [0.15, 0.2) is 5.78 Å². The van der Waals surface area contributed by atoms with Crippen molar-refractivity contribution < 1.29 is 9.53 Å². The summed E-state index contributed by atoms with van der Waals surface area (Å²) in [5, 5.41) is 0. The highest BCUT2D eigenvalue weighted by atomic mass is 32.2. The number of rotatable bonds is 11. The number of unbranched alkanes of at least 4 members (excludes halogenated alkanes) is 3. The summed E-state index contributed by atoms with van der Waals surface area (Å²) in [7, 11) is 0. The lowest BCUT2D eigenvalue weighted by molar-refractivity contribution is -0.00430. The van der Waals surface area contributed by atoms with E-state index >= 15 is 0 Å². The highest BCUT2D eigenvalue weighted by molar-refractivity contribution is 7.99. The summed E-state index contributed by atoms with van der Waals surface area (Å²) < 4.78 is 5.42. The van der Waals surface area contributed by atoms with Crippen molar-refractivity contribution in [2.75, 3.05) is 32.1 Å². The number of ether oxygens (including phenoxy) is 1. The number of carbonyl (C=O) groups excluding carboxylic acids is 1. The van der Waals surface area contributed by atoms with Gasteiger partial charge in [-0.3, -0.25) is 9.69 Å². The fourth-order valence-corrected chi connectivity index (χ4v) is 4.54. The van der Waals surface area contributed by atoms with Crippen LogP contribution in [0.2, 0.25) is 0 Å². The van der Waals surface area contributed by atoms with Crippen molar-refractivity contribution in [1.29, 1.82) is 0 Å². The molecule has 0 amide bonds. The monoisotopic (exact) mass is 391 g/mol. The summed E-state index contributed by atoms with van der Waals surface area (Å²) in [5.41, 5.74) is 0.328. The number of hydrogen-bond acceptors (Lipinski definition) is 4. The number of hydrogen-bond donors (Lipinski definition) is 0. The van der Waals surface area contributed by atoms with E-state index in [1.165, 1.54) is 37.0 Å². The fourth-order valence-electron chi connectivity index (χ4n) is 3.56. The molecule has 1 unspecified atom stereocenters. The third-order valence-corrected chi connectivity index (χ3v) is 6.90. The molecule has 1 aliphatic heterocycles. The molecule has 0 saturated carbocycles. The molecule has 1 saturated heterocycles. The normalized spacial score (nSPS) is 17.0. The van der Waals surface area contributed by atoms with Gasteiger partial charge in [0.25, 0.3) is 0 Å². The molecule has 0 N–H and O–H groups in total. The quantitative estimate of drug-likeness (QED) is 0.276. The van der Waals surface area contributed by atoms with E-state index in [4.69, 9.17) is 4.74 Å². The van der Waals surface area contributed by atoms with E-state index in [0.29, 0.717) is 13.2 Å². The molecular weight excluding hydrogens is 354 g/mol. The highest BCUT2D eigenvalue weighted by Crippen LogP contribution is 2.26. The van der Waals surface area contributed by atoms with Crippen molar-refractivity contribution in [3.8, 4) is 0 Å². The van der Waals surface area contributed by atoms with Gasteiger partial charge < -0.3 is 4.74 Å². The molecule has 1 fully saturated rings. The molecular formula is C23H37NO2S. The summed E-state index contributed by atoms with van der Waals surface area (Å²) in [6, 6.07) is 8.21. The third-order valence-electron chi connectivity index (χ3n) is 5.56. The Hall–Kier alpha value is -0.840. The van der Waals surface area contributed by atoms with Crippen LogP contribution in [0.3, 0.4) is 0 Å². The zero-order valence-electron chi connectivity index (χ0n) is 17.6. The van der Waals surface area contributed by atoms with E-state index < -0.39 is 5.54 Å². The molecule has 0 aromatic heterocycles. The minimum absolute atomic E-state index is 0.199. The van der Waals surface area contributed by atoms with Crippen molar-refractivity contribution in [2.45, 2.75) is 70.2 Å². The Bertz CT molecular complexity index is 564. The van der Waals surface area contributed by atoms with Crippen molar-refractivity contribution in [3.63, 3.8) is 0 Å². The van der Waals surface area contributed by atoms with Crippen LogP contribution in [0.1, 0.15) is 70.2 Å². The second-order valence-electron chi connectivity index (χ2n) is 8.28. The second kappa shape index (κ2) is 11.2. The average molecular weight is 392 g/mol. The van der Waals surface area contributed by atoms with Crippen LogP contribution in [0.15, 0.2) is 29.2 Å². The zero-order chi connectivity index (χ0) is 19.7. The lowest BCUT2D eigenvalue weighted by Gasteiger charge is -2.39. The third kappa shape index (κ3) is 6.92. The molecule has 1 aliphatic rings. The molecule has 0 bridgehead atoms. The molecule has 1 aromatic rings. The van der Waals surface area contributed by atoms with Crippen molar-refractivity contribution in [3.05, 3.63) is 29.8 Å². The summed E-state index contributed by atoms with van der Waals surface area (Å²) in [4.78, 5) is 16.5. The van der Waals surface area contributed by atoms with E-state index in [1.54, 1.807) is 0 Å². The molecule has 0 spiro atoms. The SMILES string of the molecule is CCCCCCC(C)CSc1ccc(C(=O)C(C)(C)N2CCOCC2)cc1. The molecule has 152 valence electrons. The first kappa shape index (κ1) is 22.4. The van der Waals surface area contributed by atoms with Crippen LogP contribution in [0.4, 0.5) is 0 Å². The maximum Gasteiger partial charge on any atom is 0.182 e. The number of carbonyl (C=O) groups is 1. The minimum Gasteiger partial charge on any atom is -0.379 e. The molecule has 27 heavy (non-hydrogen) atoms. The zero-order valence-corrected chi connectivity index (χ0v) is 18.4. The lowest BCUT2D eigenvalue weighted by atomic mass is 9.91. The standard InChI is InChI=1S/C23H37NO2S/c1-5-6-7-8-9-19(2)18-27-21-12-10-20(11-13-21)22(25)23(3,4)24-14-16-26-17-15-24/h10-13,19H,5-9,14-18H2,1-4H3. The van der Waals surface area contributed by atoms with E-state index in [2.05, 4.69) is 30.9 Å². The second-order valence-corrected chi connectivity index (χ2v) is 9.37. The van der Waals surface area contributed by atoms with Crippen LogP contribution >= 0.6 is 11.8 Å². The number of thioether (sulfide) groups is 1. The molecule has 4 heteroatoms. The molecule has 0 radical (unpaired) electrons. The van der Waals surface area contributed by atoms with Gasteiger partial charge in [-0.15, -0.1) is 11.8 Å². The van der Waals surface area contributed by atoms with Gasteiger partial charge in [-0.2, -0.15) is 0 Å². The van der Waals surface area contributed by atoms with Crippen LogP contribution in [0, 0.1) is 5.92 Å². The smallest absolute Gasteiger partial charge is 0.182 e. The maximum atomic E-state index is 13.0. The number of nitrogens with zero attached hydrogens (tertiary/aromatic N) is 1. The van der Waals surface area contributed by atoms with Gasteiger partial charge in [0.2, 0.25) is 0 Å². The van der Waals surface area contributed by atoms with E-state index in [1.807, 2.05) is 37.7 Å². The Morgan fingerprint density at radius 3 is 2.44 bits per heavy atom. The predicted molar refractivity (Wildman–Crippen MR) is 116 cm³/mol. The van der Waals surface area contributed by atoms with Gasteiger partial charge in [0.1, 0.15) is 0 Å². The largest absolute Gasteiger partial charge is 0.379 e. The van der Waals surface area contributed by atoms with Gasteiger partial charge in [-0.05, 0) is 38.3 Å². The number of benzene rings is 1. The van der Waals surface area contributed by atoms with Crippen LogP contribution in [0.25, 0.3) is 0 Å². The van der Waals surface area contributed by atoms with Crippen LogP contribution in [-0.4, -0.2) is 48.3 Å². The summed E-state index contributed by atoms with van der Waals surface area (Å²) >= 11 is 1.91. The Balaban J connectivity index is 1.84. The Morgan fingerprint density at radius 2 is 1.81 bits per heavy atom. The van der Waals surface area contributed by atoms with Crippen LogP contribution < -0.4 is 0 Å². The summed E-state index contributed by atoms with van der Waals surface area (Å²) in [5.74, 6) is 2.09. The minimum atomic E-state index is -0.481. The average Bonchev–Trinajstić information content (AvgIpc) is 2.70. The van der Waals surface area contributed by atoms with Crippen molar-refractivity contribution >= 4 is 17.5 Å². The predicted octanol–water partition coefficient (Wildman–Crippen LogP) is 5.68. The Kier molecular flexibility index (Phi) is 9.34. The van der Waals surface area contributed by atoms with E-state index in [9.17, 15) is 4.79 Å². The molecule has 0 aliphatic carbocycles. The summed E-state index contributed by atoms with van der Waals surface area (Å²) in [6.07, 6.45) is 6.69. The van der Waals surface area contributed by atoms with Gasteiger partial charge in [0, 0.05) is 29.3 Å². The molecule has 1 heterocycles. The fraction of sp³-hybridized carbons (Fsp3) is 0.696. The van der Waals surface area contributed by atoms with Gasteiger partial charge >= 0.3 is 0 Å². The summed E-state index contributed by atoms with van der Waals surface area (Å²) in [6.45, 7) is 11.7. The maximum absolute atomic E-state index is 13.0. The first-order chi connectivity index (χ1) is 12.9. The first-order valence-electron chi connectivity index (χ1n) is 10.6. The molecule has 3 nitrogen and oxygen atoms in total.